The van der Waals surface area contributed by atoms with Crippen LogP contribution >= 0.6 is 11.6 Å². The molecule has 1 aromatic carbocycles. The van der Waals surface area contributed by atoms with Crippen LogP contribution in [0.2, 0.25) is 5.02 Å². The molecule has 0 radical (unpaired) electrons. The summed E-state index contributed by atoms with van der Waals surface area (Å²) in [6, 6.07) is 5.01. The largest absolute Gasteiger partial charge is 0.339 e. The van der Waals surface area contributed by atoms with Crippen LogP contribution in [0, 0.1) is 5.92 Å². The van der Waals surface area contributed by atoms with E-state index in [1.54, 1.807) is 23.1 Å². The van der Waals surface area contributed by atoms with Crippen molar-refractivity contribution in [2.45, 2.75) is 19.8 Å². The van der Waals surface area contributed by atoms with Crippen molar-refractivity contribution >= 4 is 29.2 Å². The molecule has 2 aliphatic heterocycles. The molecule has 3 rings (SSSR count). The van der Waals surface area contributed by atoms with Crippen molar-refractivity contribution in [3.05, 3.63) is 28.8 Å². The lowest BCUT2D eigenvalue weighted by Gasteiger charge is -2.32. The van der Waals surface area contributed by atoms with Crippen LogP contribution in [-0.4, -0.2) is 56.1 Å². The number of benzene rings is 1. The van der Waals surface area contributed by atoms with Crippen LogP contribution < -0.4 is 15.5 Å². The van der Waals surface area contributed by atoms with Crippen LogP contribution in [0.25, 0.3) is 0 Å². The average Bonchev–Trinajstić information content (AvgIpc) is 3.06. The first kappa shape index (κ1) is 18.0. The van der Waals surface area contributed by atoms with E-state index in [0.717, 1.165) is 39.0 Å². The lowest BCUT2D eigenvalue weighted by Crippen LogP contribution is -2.40. The summed E-state index contributed by atoms with van der Waals surface area (Å²) < 4.78 is 0. The molecule has 0 unspecified atom stereocenters. The Morgan fingerprint density at radius 3 is 2.72 bits per heavy atom. The Morgan fingerprint density at radius 1 is 1.32 bits per heavy atom. The van der Waals surface area contributed by atoms with Crippen molar-refractivity contribution in [3.63, 3.8) is 0 Å². The lowest BCUT2D eigenvalue weighted by molar-refractivity contribution is 0.0690. The Labute approximate surface area is 153 Å². The molecule has 2 fully saturated rings. The minimum Gasteiger partial charge on any atom is -0.339 e. The van der Waals surface area contributed by atoms with Crippen molar-refractivity contribution in [3.8, 4) is 0 Å². The molecular formula is C18H25ClN4O2. The Bertz CT molecular complexity index is 644. The normalized spacial score (nSPS) is 18.6. The maximum Gasteiger partial charge on any atom is 0.322 e. The highest BCUT2D eigenvalue weighted by Gasteiger charge is 2.27. The number of carbonyl (C=O) groups is 2. The van der Waals surface area contributed by atoms with Gasteiger partial charge in [-0.05, 0) is 50.0 Å². The number of hydrogen-bond acceptors (Lipinski definition) is 3. The van der Waals surface area contributed by atoms with Gasteiger partial charge in [-0.25, -0.2) is 4.79 Å². The van der Waals surface area contributed by atoms with E-state index in [1.807, 2.05) is 4.90 Å². The summed E-state index contributed by atoms with van der Waals surface area (Å²) in [5, 5.41) is 6.62. The van der Waals surface area contributed by atoms with Crippen LogP contribution in [0.1, 0.15) is 30.1 Å². The van der Waals surface area contributed by atoms with E-state index in [4.69, 9.17) is 11.6 Å². The first-order valence-corrected chi connectivity index (χ1v) is 9.33. The van der Waals surface area contributed by atoms with Gasteiger partial charge in [-0.1, -0.05) is 18.5 Å². The van der Waals surface area contributed by atoms with Gasteiger partial charge in [0.25, 0.3) is 5.91 Å². The van der Waals surface area contributed by atoms with Crippen molar-refractivity contribution in [1.82, 2.24) is 15.5 Å². The van der Waals surface area contributed by atoms with E-state index < -0.39 is 0 Å². The topological polar surface area (TPSA) is 64.7 Å². The highest BCUT2D eigenvalue weighted by Crippen LogP contribution is 2.29. The molecule has 25 heavy (non-hydrogen) atoms. The minimum atomic E-state index is -0.171. The number of halogens is 1. The number of rotatable bonds is 5. The highest BCUT2D eigenvalue weighted by atomic mass is 35.5. The van der Waals surface area contributed by atoms with Crippen molar-refractivity contribution in [2.24, 2.45) is 5.92 Å². The second-order valence-electron chi connectivity index (χ2n) is 6.59. The fourth-order valence-electron chi connectivity index (χ4n) is 3.43. The number of urea groups is 1. The summed E-state index contributed by atoms with van der Waals surface area (Å²) in [4.78, 5) is 28.2. The fraction of sp³-hybridized carbons (Fsp3) is 0.556. The molecule has 0 aliphatic carbocycles. The monoisotopic (exact) mass is 364 g/mol. The Balaban J connectivity index is 1.68. The quantitative estimate of drug-likeness (QED) is 0.842. The van der Waals surface area contributed by atoms with Gasteiger partial charge in [-0.2, -0.15) is 0 Å². The molecule has 2 aliphatic rings. The molecule has 2 N–H and O–H groups in total. The van der Waals surface area contributed by atoms with E-state index in [1.165, 1.54) is 0 Å². The molecule has 0 aromatic heterocycles. The summed E-state index contributed by atoms with van der Waals surface area (Å²) in [7, 11) is 0. The Hall–Kier alpha value is -1.79. The number of anilines is 1. The first-order chi connectivity index (χ1) is 12.1. The molecule has 1 aromatic rings. The van der Waals surface area contributed by atoms with Gasteiger partial charge in [0.05, 0.1) is 10.7 Å². The van der Waals surface area contributed by atoms with Gasteiger partial charge in [0.1, 0.15) is 0 Å². The fourth-order valence-corrected chi connectivity index (χ4v) is 3.64. The molecule has 7 heteroatoms. The number of nitrogens with one attached hydrogen (secondary N) is 2. The molecule has 6 nitrogen and oxygen atoms in total. The maximum absolute atomic E-state index is 12.8. The molecule has 3 amide bonds. The summed E-state index contributed by atoms with van der Waals surface area (Å²) >= 11 is 6.25. The summed E-state index contributed by atoms with van der Waals surface area (Å²) in [6.07, 6.45) is 2.04. The van der Waals surface area contributed by atoms with Crippen LogP contribution in [0.5, 0.6) is 0 Å². The summed E-state index contributed by atoms with van der Waals surface area (Å²) in [5.74, 6) is 0.650. The number of piperidine rings is 1. The predicted octanol–water partition coefficient (Wildman–Crippen LogP) is 2.33. The van der Waals surface area contributed by atoms with Crippen molar-refractivity contribution < 1.29 is 9.59 Å². The molecule has 2 saturated heterocycles. The second kappa shape index (κ2) is 8.06. The van der Waals surface area contributed by atoms with E-state index in [-0.39, 0.29) is 11.9 Å². The van der Waals surface area contributed by atoms with Crippen LogP contribution in [0.15, 0.2) is 18.2 Å². The second-order valence-corrected chi connectivity index (χ2v) is 7.00. The molecule has 0 atom stereocenters. The zero-order valence-corrected chi connectivity index (χ0v) is 15.3. The Kier molecular flexibility index (Phi) is 5.81. The zero-order valence-electron chi connectivity index (χ0n) is 14.6. The van der Waals surface area contributed by atoms with Gasteiger partial charge in [0.2, 0.25) is 0 Å². The van der Waals surface area contributed by atoms with E-state index >= 15 is 0 Å². The van der Waals surface area contributed by atoms with Crippen LogP contribution in [0.4, 0.5) is 10.5 Å². The third kappa shape index (κ3) is 4.07. The third-order valence-corrected chi connectivity index (χ3v) is 5.25. The van der Waals surface area contributed by atoms with E-state index in [9.17, 15) is 9.59 Å². The molecular weight excluding hydrogens is 340 g/mol. The minimum absolute atomic E-state index is 0.0134. The van der Waals surface area contributed by atoms with Crippen molar-refractivity contribution in [1.29, 1.82) is 0 Å². The molecule has 0 bridgehead atoms. The summed E-state index contributed by atoms with van der Waals surface area (Å²) in [5.41, 5.74) is 1.19. The van der Waals surface area contributed by atoms with Gasteiger partial charge in [-0.15, -0.1) is 0 Å². The van der Waals surface area contributed by atoms with Gasteiger partial charge in [0.15, 0.2) is 0 Å². The van der Waals surface area contributed by atoms with Crippen LogP contribution in [-0.2, 0) is 0 Å². The number of carbonyl (C=O) groups excluding carboxylic acids is 2. The van der Waals surface area contributed by atoms with Crippen molar-refractivity contribution in [2.75, 3.05) is 44.2 Å². The smallest absolute Gasteiger partial charge is 0.322 e. The molecule has 136 valence electrons. The zero-order chi connectivity index (χ0) is 17.8. The SMILES string of the molecule is CCNCC1CCN(C(=O)c2ccc(Cl)c(N3CCNC3=O)c2)CC1. The molecule has 0 spiro atoms. The average molecular weight is 365 g/mol. The predicted molar refractivity (Wildman–Crippen MR) is 99.4 cm³/mol. The molecule has 0 saturated carbocycles. The number of hydrogen-bond donors (Lipinski definition) is 2. The number of amides is 3. The van der Waals surface area contributed by atoms with Gasteiger partial charge < -0.3 is 15.5 Å². The lowest BCUT2D eigenvalue weighted by atomic mass is 9.96. The van der Waals surface area contributed by atoms with Gasteiger partial charge in [-0.3, -0.25) is 9.69 Å². The number of likely N-dealkylation sites (tertiary alicyclic amines) is 1. The summed E-state index contributed by atoms with van der Waals surface area (Å²) in [6.45, 7) is 6.81. The van der Waals surface area contributed by atoms with Gasteiger partial charge in [0, 0.05) is 31.7 Å². The molecule has 2 heterocycles. The van der Waals surface area contributed by atoms with Crippen LogP contribution in [0.3, 0.4) is 0 Å². The van der Waals surface area contributed by atoms with E-state index in [0.29, 0.717) is 35.3 Å². The first-order valence-electron chi connectivity index (χ1n) is 8.95. The standard InChI is InChI=1S/C18H25ClN4O2/c1-2-20-12-13-5-8-22(9-6-13)17(24)14-3-4-15(19)16(11-14)23-10-7-21-18(23)25/h3-4,11,13,20H,2,5-10,12H2,1H3,(H,21,25). The maximum atomic E-state index is 12.8. The Morgan fingerprint density at radius 2 is 2.08 bits per heavy atom. The van der Waals surface area contributed by atoms with E-state index in [2.05, 4.69) is 17.6 Å². The third-order valence-electron chi connectivity index (χ3n) is 4.93. The van der Waals surface area contributed by atoms with Gasteiger partial charge >= 0.3 is 6.03 Å². The highest BCUT2D eigenvalue weighted by molar-refractivity contribution is 6.34. The number of nitrogens with zero attached hydrogens (tertiary/aromatic N) is 2.